The van der Waals surface area contributed by atoms with E-state index in [0.29, 0.717) is 5.56 Å². The third kappa shape index (κ3) is 1.82. The molecule has 0 amide bonds. The summed E-state index contributed by atoms with van der Waals surface area (Å²) in [5, 5.41) is 13.2. The van der Waals surface area contributed by atoms with E-state index in [2.05, 4.69) is 11.2 Å². The molecule has 1 aliphatic heterocycles. The van der Waals surface area contributed by atoms with Gasteiger partial charge in [-0.05, 0) is 45.9 Å². The topological polar surface area (TPSA) is 59.5 Å². The lowest BCUT2D eigenvalue weighted by Gasteiger charge is -2.32. The molecule has 5 nitrogen and oxygen atoms in total. The van der Waals surface area contributed by atoms with Gasteiger partial charge in [-0.15, -0.1) is 0 Å². The second-order valence-electron chi connectivity index (χ2n) is 6.04. The van der Waals surface area contributed by atoms with Crippen molar-refractivity contribution in [2.75, 3.05) is 0 Å². The predicted molar refractivity (Wildman–Crippen MR) is 75.6 cm³/mol. The van der Waals surface area contributed by atoms with E-state index in [9.17, 15) is 0 Å². The highest BCUT2D eigenvalue weighted by molar-refractivity contribution is 6.61. The highest BCUT2D eigenvalue weighted by atomic mass is 16.7. The summed E-state index contributed by atoms with van der Waals surface area (Å²) in [6.07, 6.45) is 1.54. The average Bonchev–Trinajstić information content (AvgIpc) is 2.87. The molecule has 0 radical (unpaired) electrons. The number of hydrogen-bond acceptors (Lipinski definition) is 4. The Morgan fingerprint density at radius 1 is 1.20 bits per heavy atom. The van der Waals surface area contributed by atoms with Crippen LogP contribution in [0.15, 0.2) is 24.4 Å². The third-order valence-electron chi connectivity index (χ3n) is 4.15. The summed E-state index contributed by atoms with van der Waals surface area (Å²) in [6.45, 7) is 8.07. The molecule has 3 rings (SSSR count). The molecule has 0 aliphatic carbocycles. The van der Waals surface area contributed by atoms with Gasteiger partial charge < -0.3 is 9.31 Å². The number of nitriles is 1. The van der Waals surface area contributed by atoms with Crippen LogP contribution in [0.25, 0.3) is 5.52 Å². The molecule has 1 aliphatic rings. The summed E-state index contributed by atoms with van der Waals surface area (Å²) in [5.74, 6) is 0. The minimum Gasteiger partial charge on any atom is -0.398 e. The zero-order valence-corrected chi connectivity index (χ0v) is 12.0. The van der Waals surface area contributed by atoms with Gasteiger partial charge >= 0.3 is 7.12 Å². The van der Waals surface area contributed by atoms with E-state index in [-0.39, 0.29) is 11.2 Å². The lowest BCUT2D eigenvalue weighted by atomic mass is 9.85. The van der Waals surface area contributed by atoms with E-state index in [1.54, 1.807) is 16.8 Å². The van der Waals surface area contributed by atoms with Gasteiger partial charge in [0.05, 0.1) is 34.1 Å². The standard InChI is InChI=1S/C14H16BN3O2/c1-13(2)14(3,4)20-15(19-13)12-6-5-11-7-10(8-16)9-17-18(11)12/h5-7,9H,1-4H3. The van der Waals surface area contributed by atoms with Crippen molar-refractivity contribution in [3.63, 3.8) is 0 Å². The van der Waals surface area contributed by atoms with Crippen LogP contribution >= 0.6 is 0 Å². The Morgan fingerprint density at radius 2 is 1.85 bits per heavy atom. The molecule has 1 fully saturated rings. The summed E-state index contributed by atoms with van der Waals surface area (Å²) in [5.41, 5.74) is 1.47. The van der Waals surface area contributed by atoms with Crippen molar-refractivity contribution in [1.82, 2.24) is 9.61 Å². The maximum Gasteiger partial charge on any atom is 0.514 e. The normalized spacial score (nSPS) is 20.2. The Labute approximate surface area is 118 Å². The van der Waals surface area contributed by atoms with Gasteiger partial charge in [-0.1, -0.05) is 0 Å². The largest absolute Gasteiger partial charge is 0.514 e. The summed E-state index contributed by atoms with van der Waals surface area (Å²) >= 11 is 0. The summed E-state index contributed by atoms with van der Waals surface area (Å²) in [6, 6.07) is 7.71. The molecular weight excluding hydrogens is 253 g/mol. The van der Waals surface area contributed by atoms with E-state index in [0.717, 1.165) is 11.1 Å². The van der Waals surface area contributed by atoms with Crippen molar-refractivity contribution in [2.45, 2.75) is 38.9 Å². The highest BCUT2D eigenvalue weighted by Gasteiger charge is 2.52. The number of nitrogens with zero attached hydrogens (tertiary/aromatic N) is 3. The van der Waals surface area contributed by atoms with Gasteiger partial charge in [0.2, 0.25) is 0 Å². The fourth-order valence-electron chi connectivity index (χ4n) is 2.22. The SMILES string of the molecule is CC1(C)OB(c2ccc3cc(C#N)cnn23)OC1(C)C. The maximum atomic E-state index is 8.90. The molecule has 3 heterocycles. The van der Waals surface area contributed by atoms with Crippen LogP contribution in [0.3, 0.4) is 0 Å². The first-order valence-electron chi connectivity index (χ1n) is 6.57. The van der Waals surface area contributed by atoms with Crippen LogP contribution in [0.1, 0.15) is 33.3 Å². The maximum absolute atomic E-state index is 8.90. The molecule has 0 bridgehead atoms. The first-order valence-corrected chi connectivity index (χ1v) is 6.57. The summed E-state index contributed by atoms with van der Waals surface area (Å²) < 4.78 is 13.8. The Bertz CT molecular complexity index is 699. The highest BCUT2D eigenvalue weighted by Crippen LogP contribution is 2.36. The Balaban J connectivity index is 2.03. The van der Waals surface area contributed by atoms with E-state index in [4.69, 9.17) is 14.6 Å². The molecule has 2 aromatic heterocycles. The Morgan fingerprint density at radius 3 is 2.45 bits per heavy atom. The zero-order chi connectivity index (χ0) is 14.5. The Kier molecular flexibility index (Phi) is 2.68. The number of aromatic nitrogens is 2. The van der Waals surface area contributed by atoms with Crippen molar-refractivity contribution < 1.29 is 9.31 Å². The fraction of sp³-hybridized carbons (Fsp3) is 0.429. The van der Waals surface area contributed by atoms with Crippen LogP contribution in [-0.2, 0) is 9.31 Å². The molecule has 102 valence electrons. The van der Waals surface area contributed by atoms with Crippen molar-refractivity contribution in [3.8, 4) is 6.07 Å². The first-order chi connectivity index (χ1) is 9.34. The van der Waals surface area contributed by atoms with Crippen LogP contribution in [-0.4, -0.2) is 27.9 Å². The average molecular weight is 269 g/mol. The monoisotopic (exact) mass is 269 g/mol. The van der Waals surface area contributed by atoms with Gasteiger partial charge in [-0.25, -0.2) is 4.52 Å². The van der Waals surface area contributed by atoms with Crippen LogP contribution in [0.4, 0.5) is 0 Å². The van der Waals surface area contributed by atoms with Gasteiger partial charge in [0.25, 0.3) is 0 Å². The molecular formula is C14H16BN3O2. The smallest absolute Gasteiger partial charge is 0.398 e. The van der Waals surface area contributed by atoms with Crippen LogP contribution in [0, 0.1) is 11.3 Å². The predicted octanol–water partition coefficient (Wildman–Crippen LogP) is 1.51. The molecule has 6 heteroatoms. The van der Waals surface area contributed by atoms with E-state index in [1.807, 2.05) is 39.8 Å². The minimum atomic E-state index is -0.456. The minimum absolute atomic E-state index is 0.381. The second-order valence-corrected chi connectivity index (χ2v) is 6.04. The molecule has 20 heavy (non-hydrogen) atoms. The van der Waals surface area contributed by atoms with Gasteiger partial charge in [0.1, 0.15) is 6.07 Å². The molecule has 0 unspecified atom stereocenters. The Hall–Kier alpha value is -1.84. The van der Waals surface area contributed by atoms with Gasteiger partial charge in [-0.3, -0.25) is 0 Å². The van der Waals surface area contributed by atoms with Gasteiger partial charge in [0, 0.05) is 0 Å². The molecule has 2 aromatic rings. The zero-order valence-electron chi connectivity index (χ0n) is 12.0. The summed E-state index contributed by atoms with van der Waals surface area (Å²) in [7, 11) is -0.456. The first kappa shape index (κ1) is 13.2. The molecule has 0 N–H and O–H groups in total. The van der Waals surface area contributed by atoms with Crippen LogP contribution in [0.2, 0.25) is 0 Å². The van der Waals surface area contributed by atoms with E-state index < -0.39 is 7.12 Å². The third-order valence-corrected chi connectivity index (χ3v) is 4.15. The lowest BCUT2D eigenvalue weighted by molar-refractivity contribution is 0.00578. The van der Waals surface area contributed by atoms with Crippen LogP contribution < -0.4 is 5.59 Å². The van der Waals surface area contributed by atoms with Crippen molar-refractivity contribution in [1.29, 1.82) is 5.26 Å². The quantitative estimate of drug-likeness (QED) is 0.736. The van der Waals surface area contributed by atoms with Crippen molar-refractivity contribution in [3.05, 3.63) is 30.0 Å². The van der Waals surface area contributed by atoms with Gasteiger partial charge in [-0.2, -0.15) is 10.4 Å². The lowest BCUT2D eigenvalue weighted by Crippen LogP contribution is -2.41. The number of rotatable bonds is 1. The number of fused-ring (bicyclic) bond motifs is 1. The van der Waals surface area contributed by atoms with E-state index >= 15 is 0 Å². The number of hydrogen-bond donors (Lipinski definition) is 0. The van der Waals surface area contributed by atoms with Crippen LogP contribution in [0.5, 0.6) is 0 Å². The second kappa shape index (κ2) is 4.08. The van der Waals surface area contributed by atoms with Gasteiger partial charge in [0.15, 0.2) is 0 Å². The molecule has 0 aromatic carbocycles. The molecule has 0 atom stereocenters. The summed E-state index contributed by atoms with van der Waals surface area (Å²) in [4.78, 5) is 0. The molecule has 0 spiro atoms. The van der Waals surface area contributed by atoms with E-state index in [1.165, 1.54) is 0 Å². The molecule has 1 saturated heterocycles. The van der Waals surface area contributed by atoms with Crippen molar-refractivity contribution in [2.24, 2.45) is 0 Å². The molecule has 0 saturated carbocycles. The van der Waals surface area contributed by atoms with Crippen molar-refractivity contribution >= 4 is 18.2 Å². The fourth-order valence-corrected chi connectivity index (χ4v) is 2.22.